The monoisotopic (exact) mass is 288 g/mol. The van der Waals surface area contributed by atoms with Crippen LogP contribution in [0.5, 0.6) is 5.75 Å². The quantitative estimate of drug-likeness (QED) is 0.891. The Balaban J connectivity index is 1.57. The molecule has 1 aromatic carbocycles. The van der Waals surface area contributed by atoms with E-state index >= 15 is 0 Å². The van der Waals surface area contributed by atoms with Gasteiger partial charge in [-0.3, -0.25) is 4.79 Å². The summed E-state index contributed by atoms with van der Waals surface area (Å²) in [4.78, 5) is 12.4. The van der Waals surface area contributed by atoms with Gasteiger partial charge in [0, 0.05) is 18.2 Å². The van der Waals surface area contributed by atoms with Crippen LogP contribution in [0, 0.1) is 5.92 Å². The molecule has 2 heterocycles. The first kappa shape index (κ1) is 14.4. The molecule has 3 unspecified atom stereocenters. The van der Waals surface area contributed by atoms with Crippen molar-refractivity contribution in [1.29, 1.82) is 0 Å². The van der Waals surface area contributed by atoms with E-state index in [9.17, 15) is 4.79 Å². The lowest BCUT2D eigenvalue weighted by atomic mass is 9.88. The molecule has 2 N–H and O–H groups in total. The van der Waals surface area contributed by atoms with Gasteiger partial charge in [0.15, 0.2) is 0 Å². The number of piperidine rings is 1. The van der Waals surface area contributed by atoms with E-state index in [0.717, 1.165) is 24.4 Å². The molecule has 1 aromatic rings. The van der Waals surface area contributed by atoms with Gasteiger partial charge in [-0.05, 0) is 31.4 Å². The maximum absolute atomic E-state index is 12.4. The van der Waals surface area contributed by atoms with Crippen LogP contribution in [0.2, 0.25) is 0 Å². The number of carbonyl (C=O) groups excluding carboxylic acids is 1. The number of amides is 1. The Morgan fingerprint density at radius 3 is 3.14 bits per heavy atom. The van der Waals surface area contributed by atoms with Gasteiger partial charge in [0.25, 0.3) is 0 Å². The van der Waals surface area contributed by atoms with E-state index in [1.54, 1.807) is 0 Å². The van der Waals surface area contributed by atoms with Crippen molar-refractivity contribution < 1.29 is 9.53 Å². The molecule has 0 aromatic heterocycles. The highest BCUT2D eigenvalue weighted by Gasteiger charge is 2.31. The van der Waals surface area contributed by atoms with Gasteiger partial charge in [-0.15, -0.1) is 0 Å². The largest absolute Gasteiger partial charge is 0.492 e. The van der Waals surface area contributed by atoms with Crippen LogP contribution in [0.3, 0.4) is 0 Å². The van der Waals surface area contributed by atoms with Crippen LogP contribution in [0.4, 0.5) is 0 Å². The van der Waals surface area contributed by atoms with Crippen LogP contribution in [-0.4, -0.2) is 31.6 Å². The highest BCUT2D eigenvalue weighted by Crippen LogP contribution is 2.33. The summed E-state index contributed by atoms with van der Waals surface area (Å²) in [5, 5.41) is 6.66. The number of carbonyl (C=O) groups is 1. The van der Waals surface area contributed by atoms with Gasteiger partial charge in [-0.1, -0.05) is 31.5 Å². The Bertz CT molecular complexity index is 503. The van der Waals surface area contributed by atoms with Crippen molar-refractivity contribution in [3.05, 3.63) is 29.8 Å². The molecule has 1 fully saturated rings. The summed E-state index contributed by atoms with van der Waals surface area (Å²) in [6.45, 7) is 4.47. The standard InChI is InChI=1S/C17H24N2O2/c1-2-12-6-5-9-18-15(12)10-19-17(20)14-11-21-16-8-4-3-7-13(14)16/h3-4,7-8,12,14-15,18H,2,5-6,9-11H2,1H3,(H,19,20). The summed E-state index contributed by atoms with van der Waals surface area (Å²) in [5.74, 6) is 1.44. The minimum absolute atomic E-state index is 0.0853. The third-order valence-electron chi connectivity index (χ3n) is 4.76. The molecule has 21 heavy (non-hydrogen) atoms. The summed E-state index contributed by atoms with van der Waals surface area (Å²) >= 11 is 0. The summed E-state index contributed by atoms with van der Waals surface area (Å²) < 4.78 is 5.59. The lowest BCUT2D eigenvalue weighted by Gasteiger charge is -2.32. The average molecular weight is 288 g/mol. The highest BCUT2D eigenvalue weighted by atomic mass is 16.5. The molecule has 0 bridgehead atoms. The first-order chi connectivity index (χ1) is 10.3. The van der Waals surface area contributed by atoms with Crippen LogP contribution >= 0.6 is 0 Å². The van der Waals surface area contributed by atoms with Gasteiger partial charge >= 0.3 is 0 Å². The van der Waals surface area contributed by atoms with E-state index in [1.807, 2.05) is 24.3 Å². The topological polar surface area (TPSA) is 50.4 Å². The summed E-state index contributed by atoms with van der Waals surface area (Å²) in [7, 11) is 0. The third kappa shape index (κ3) is 3.05. The lowest BCUT2D eigenvalue weighted by molar-refractivity contribution is -0.122. The Labute approximate surface area is 126 Å². The zero-order chi connectivity index (χ0) is 14.7. The molecule has 2 aliphatic rings. The Hall–Kier alpha value is -1.55. The second kappa shape index (κ2) is 6.48. The lowest BCUT2D eigenvalue weighted by Crippen LogP contribution is -2.49. The van der Waals surface area contributed by atoms with E-state index < -0.39 is 0 Å². The average Bonchev–Trinajstić information content (AvgIpc) is 2.97. The number of hydrogen-bond donors (Lipinski definition) is 2. The predicted octanol–water partition coefficient (Wildman–Crippen LogP) is 2.06. The minimum atomic E-state index is -0.162. The van der Waals surface area contributed by atoms with Gasteiger partial charge < -0.3 is 15.4 Å². The number of hydrogen-bond acceptors (Lipinski definition) is 3. The molecule has 0 spiro atoms. The molecule has 0 radical (unpaired) electrons. The maximum Gasteiger partial charge on any atom is 0.231 e. The van der Waals surface area contributed by atoms with Gasteiger partial charge in [0.2, 0.25) is 5.91 Å². The molecular weight excluding hydrogens is 264 g/mol. The summed E-state index contributed by atoms with van der Waals surface area (Å²) in [6.07, 6.45) is 3.68. The second-order valence-electron chi connectivity index (χ2n) is 6.02. The Kier molecular flexibility index (Phi) is 4.44. The van der Waals surface area contributed by atoms with Crippen molar-refractivity contribution in [3.63, 3.8) is 0 Å². The maximum atomic E-state index is 12.4. The molecule has 1 amide bonds. The fraction of sp³-hybridized carbons (Fsp3) is 0.588. The second-order valence-corrected chi connectivity index (χ2v) is 6.02. The molecule has 0 saturated carbocycles. The fourth-order valence-electron chi connectivity index (χ4n) is 3.46. The smallest absolute Gasteiger partial charge is 0.231 e. The number of ether oxygens (including phenoxy) is 1. The highest BCUT2D eigenvalue weighted by molar-refractivity contribution is 5.85. The van der Waals surface area contributed by atoms with E-state index in [1.165, 1.54) is 19.3 Å². The molecule has 3 atom stereocenters. The van der Waals surface area contributed by atoms with E-state index in [4.69, 9.17) is 4.74 Å². The molecule has 0 aliphatic carbocycles. The Morgan fingerprint density at radius 1 is 1.43 bits per heavy atom. The SMILES string of the molecule is CCC1CCCNC1CNC(=O)C1COc2ccccc21. The first-order valence-electron chi connectivity index (χ1n) is 8.02. The van der Waals surface area contributed by atoms with Gasteiger partial charge in [-0.2, -0.15) is 0 Å². The normalized spacial score (nSPS) is 27.8. The number of benzene rings is 1. The van der Waals surface area contributed by atoms with Gasteiger partial charge in [0.05, 0.1) is 0 Å². The number of para-hydroxylation sites is 1. The third-order valence-corrected chi connectivity index (χ3v) is 4.76. The van der Waals surface area contributed by atoms with Gasteiger partial charge in [0.1, 0.15) is 18.3 Å². The van der Waals surface area contributed by atoms with Crippen LogP contribution in [0.25, 0.3) is 0 Å². The van der Waals surface area contributed by atoms with Crippen molar-refractivity contribution in [2.45, 2.75) is 38.1 Å². The minimum Gasteiger partial charge on any atom is -0.492 e. The van der Waals surface area contributed by atoms with E-state index in [-0.39, 0.29) is 11.8 Å². The molecule has 3 rings (SSSR count). The molecule has 114 valence electrons. The summed E-state index contributed by atoms with van der Waals surface area (Å²) in [5.41, 5.74) is 1.01. The predicted molar refractivity (Wildman–Crippen MR) is 82.5 cm³/mol. The van der Waals surface area contributed by atoms with Gasteiger partial charge in [-0.25, -0.2) is 0 Å². The van der Waals surface area contributed by atoms with E-state index in [2.05, 4.69) is 17.6 Å². The number of fused-ring (bicyclic) bond motifs is 1. The molecule has 2 aliphatic heterocycles. The van der Waals surface area contributed by atoms with Crippen molar-refractivity contribution >= 4 is 5.91 Å². The molecule has 4 heteroatoms. The fourth-order valence-corrected chi connectivity index (χ4v) is 3.46. The molecule has 1 saturated heterocycles. The number of nitrogens with one attached hydrogen (secondary N) is 2. The van der Waals surface area contributed by atoms with Crippen molar-refractivity contribution in [3.8, 4) is 5.75 Å². The Morgan fingerprint density at radius 2 is 2.29 bits per heavy atom. The first-order valence-corrected chi connectivity index (χ1v) is 8.02. The van der Waals surface area contributed by atoms with E-state index in [0.29, 0.717) is 18.6 Å². The molecule has 4 nitrogen and oxygen atoms in total. The van der Waals surface area contributed by atoms with Crippen LogP contribution in [-0.2, 0) is 4.79 Å². The van der Waals surface area contributed by atoms with Crippen LogP contribution in [0.1, 0.15) is 37.7 Å². The summed E-state index contributed by atoms with van der Waals surface area (Å²) in [6, 6.07) is 8.23. The van der Waals surface area contributed by atoms with Crippen molar-refractivity contribution in [1.82, 2.24) is 10.6 Å². The zero-order valence-electron chi connectivity index (χ0n) is 12.6. The number of rotatable bonds is 4. The van der Waals surface area contributed by atoms with Crippen LogP contribution < -0.4 is 15.4 Å². The van der Waals surface area contributed by atoms with Crippen molar-refractivity contribution in [2.24, 2.45) is 5.92 Å². The molecular formula is C17H24N2O2. The van der Waals surface area contributed by atoms with Crippen molar-refractivity contribution in [2.75, 3.05) is 19.7 Å². The van der Waals surface area contributed by atoms with Crippen LogP contribution in [0.15, 0.2) is 24.3 Å². The zero-order valence-corrected chi connectivity index (χ0v) is 12.6.